The van der Waals surface area contributed by atoms with Crippen LogP contribution in [0.1, 0.15) is 12.7 Å². The Morgan fingerprint density at radius 2 is 2.22 bits per heavy atom. The lowest BCUT2D eigenvalue weighted by Crippen LogP contribution is -2.05. The average molecular weight is 247 g/mol. The van der Waals surface area contributed by atoms with Gasteiger partial charge in [-0.05, 0) is 6.92 Å². The van der Waals surface area contributed by atoms with Crippen LogP contribution in [0.25, 0.3) is 11.3 Å². The SMILES string of the molecule is CCOCCc1nc(N)cc(-c2cnn(C)c2)n1. The average Bonchev–Trinajstić information content (AvgIpc) is 2.76. The largest absolute Gasteiger partial charge is 0.384 e. The minimum absolute atomic E-state index is 0.468. The number of nitrogens with zero attached hydrogens (tertiary/aromatic N) is 4. The van der Waals surface area contributed by atoms with Crippen LogP contribution in [-0.2, 0) is 18.2 Å². The van der Waals surface area contributed by atoms with E-state index in [0.29, 0.717) is 31.3 Å². The maximum Gasteiger partial charge on any atom is 0.133 e. The van der Waals surface area contributed by atoms with Crippen molar-refractivity contribution in [1.29, 1.82) is 0 Å². The van der Waals surface area contributed by atoms with Crippen LogP contribution in [0.4, 0.5) is 5.82 Å². The Balaban J connectivity index is 2.21. The van der Waals surface area contributed by atoms with Gasteiger partial charge in [-0.2, -0.15) is 5.10 Å². The lowest BCUT2D eigenvalue weighted by Gasteiger charge is -2.04. The zero-order valence-electron chi connectivity index (χ0n) is 10.6. The minimum Gasteiger partial charge on any atom is -0.384 e. The second kappa shape index (κ2) is 5.59. The molecule has 0 unspecified atom stereocenters. The van der Waals surface area contributed by atoms with Crippen molar-refractivity contribution in [3.05, 3.63) is 24.3 Å². The van der Waals surface area contributed by atoms with Crippen LogP contribution in [0.2, 0.25) is 0 Å². The van der Waals surface area contributed by atoms with Gasteiger partial charge in [0.1, 0.15) is 11.6 Å². The Labute approximate surface area is 106 Å². The Hall–Kier alpha value is -1.95. The molecule has 0 saturated heterocycles. The molecular weight excluding hydrogens is 230 g/mol. The van der Waals surface area contributed by atoms with E-state index in [1.165, 1.54) is 0 Å². The summed E-state index contributed by atoms with van der Waals surface area (Å²) in [4.78, 5) is 8.66. The molecule has 2 heterocycles. The summed E-state index contributed by atoms with van der Waals surface area (Å²) in [7, 11) is 1.87. The first kappa shape index (κ1) is 12.5. The highest BCUT2D eigenvalue weighted by atomic mass is 16.5. The zero-order valence-corrected chi connectivity index (χ0v) is 10.6. The Morgan fingerprint density at radius 3 is 2.89 bits per heavy atom. The number of aryl methyl sites for hydroxylation is 1. The fourth-order valence-corrected chi connectivity index (χ4v) is 1.64. The van der Waals surface area contributed by atoms with E-state index < -0.39 is 0 Å². The van der Waals surface area contributed by atoms with Crippen molar-refractivity contribution in [2.45, 2.75) is 13.3 Å². The number of hydrogen-bond acceptors (Lipinski definition) is 5. The van der Waals surface area contributed by atoms with Gasteiger partial charge in [-0.1, -0.05) is 0 Å². The molecule has 0 amide bonds. The molecule has 0 radical (unpaired) electrons. The van der Waals surface area contributed by atoms with Gasteiger partial charge in [0.2, 0.25) is 0 Å². The fraction of sp³-hybridized carbons (Fsp3) is 0.417. The molecule has 6 nitrogen and oxygen atoms in total. The normalized spacial score (nSPS) is 10.8. The van der Waals surface area contributed by atoms with Crippen LogP contribution in [0.5, 0.6) is 0 Å². The van der Waals surface area contributed by atoms with Crippen molar-refractivity contribution in [3.8, 4) is 11.3 Å². The zero-order chi connectivity index (χ0) is 13.0. The first-order valence-electron chi connectivity index (χ1n) is 5.89. The van der Waals surface area contributed by atoms with Crippen molar-refractivity contribution in [2.24, 2.45) is 7.05 Å². The maximum absolute atomic E-state index is 5.79. The van der Waals surface area contributed by atoms with Gasteiger partial charge in [0.05, 0.1) is 18.5 Å². The van der Waals surface area contributed by atoms with E-state index in [-0.39, 0.29) is 0 Å². The minimum atomic E-state index is 0.468. The van der Waals surface area contributed by atoms with Gasteiger partial charge in [0.15, 0.2) is 0 Å². The van der Waals surface area contributed by atoms with Crippen LogP contribution in [0.3, 0.4) is 0 Å². The second-order valence-electron chi connectivity index (χ2n) is 3.94. The second-order valence-corrected chi connectivity index (χ2v) is 3.94. The molecule has 0 fully saturated rings. The van der Waals surface area contributed by atoms with E-state index in [4.69, 9.17) is 10.5 Å². The monoisotopic (exact) mass is 247 g/mol. The number of ether oxygens (including phenoxy) is 1. The van der Waals surface area contributed by atoms with Gasteiger partial charge in [-0.15, -0.1) is 0 Å². The maximum atomic E-state index is 5.79. The summed E-state index contributed by atoms with van der Waals surface area (Å²) in [6.45, 7) is 3.26. The standard InChI is InChI=1S/C12H17N5O/c1-3-18-5-4-12-15-10(6-11(13)16-12)9-7-14-17(2)8-9/h6-8H,3-5H2,1-2H3,(H2,13,15,16). The van der Waals surface area contributed by atoms with Crippen LogP contribution in [0, 0.1) is 0 Å². The first-order valence-corrected chi connectivity index (χ1v) is 5.89. The Morgan fingerprint density at radius 1 is 1.39 bits per heavy atom. The predicted molar refractivity (Wildman–Crippen MR) is 68.8 cm³/mol. The summed E-state index contributed by atoms with van der Waals surface area (Å²) in [5, 5.41) is 4.12. The lowest BCUT2D eigenvalue weighted by atomic mass is 10.2. The van der Waals surface area contributed by atoms with E-state index in [2.05, 4.69) is 15.1 Å². The Kier molecular flexibility index (Phi) is 3.88. The number of rotatable bonds is 5. The van der Waals surface area contributed by atoms with E-state index in [0.717, 1.165) is 11.3 Å². The van der Waals surface area contributed by atoms with Crippen molar-refractivity contribution in [2.75, 3.05) is 18.9 Å². The predicted octanol–water partition coefficient (Wildman–Crippen LogP) is 1.04. The van der Waals surface area contributed by atoms with Crippen LogP contribution in [-0.4, -0.2) is 33.0 Å². The summed E-state index contributed by atoms with van der Waals surface area (Å²) in [6, 6.07) is 1.75. The molecule has 2 aromatic rings. The van der Waals surface area contributed by atoms with Crippen molar-refractivity contribution in [1.82, 2.24) is 19.7 Å². The molecule has 18 heavy (non-hydrogen) atoms. The van der Waals surface area contributed by atoms with E-state index in [1.54, 1.807) is 16.9 Å². The highest BCUT2D eigenvalue weighted by Gasteiger charge is 2.06. The molecule has 0 aliphatic rings. The first-order chi connectivity index (χ1) is 8.69. The topological polar surface area (TPSA) is 78.9 Å². The molecule has 0 atom stereocenters. The summed E-state index contributed by atoms with van der Waals surface area (Å²) in [5.41, 5.74) is 7.52. The molecule has 0 bridgehead atoms. The molecule has 6 heteroatoms. The highest BCUT2D eigenvalue weighted by Crippen LogP contribution is 2.17. The van der Waals surface area contributed by atoms with Crippen LogP contribution < -0.4 is 5.73 Å². The van der Waals surface area contributed by atoms with E-state index in [1.807, 2.05) is 20.2 Å². The molecule has 0 aliphatic carbocycles. The number of hydrogen-bond donors (Lipinski definition) is 1. The molecule has 0 saturated carbocycles. The number of nitrogens with two attached hydrogens (primary N) is 1. The third-order valence-electron chi connectivity index (χ3n) is 2.47. The molecule has 2 rings (SSSR count). The van der Waals surface area contributed by atoms with Crippen LogP contribution in [0.15, 0.2) is 18.5 Å². The number of aromatic nitrogens is 4. The van der Waals surface area contributed by atoms with Gasteiger partial charge in [0, 0.05) is 37.9 Å². The number of nitrogen functional groups attached to an aromatic ring is 1. The summed E-state index contributed by atoms with van der Waals surface area (Å²) >= 11 is 0. The van der Waals surface area contributed by atoms with Gasteiger partial charge >= 0.3 is 0 Å². The Bertz CT molecular complexity index is 523. The van der Waals surface area contributed by atoms with E-state index in [9.17, 15) is 0 Å². The van der Waals surface area contributed by atoms with Crippen molar-refractivity contribution >= 4 is 5.82 Å². The van der Waals surface area contributed by atoms with Crippen molar-refractivity contribution in [3.63, 3.8) is 0 Å². The molecule has 2 N–H and O–H groups in total. The number of anilines is 1. The molecule has 0 spiro atoms. The van der Waals surface area contributed by atoms with Gasteiger partial charge < -0.3 is 10.5 Å². The molecular formula is C12H17N5O. The highest BCUT2D eigenvalue weighted by molar-refractivity contribution is 5.60. The molecule has 0 aliphatic heterocycles. The van der Waals surface area contributed by atoms with Gasteiger partial charge in [-0.3, -0.25) is 4.68 Å². The van der Waals surface area contributed by atoms with Gasteiger partial charge in [-0.25, -0.2) is 9.97 Å². The van der Waals surface area contributed by atoms with Crippen molar-refractivity contribution < 1.29 is 4.74 Å². The third-order valence-corrected chi connectivity index (χ3v) is 2.47. The van der Waals surface area contributed by atoms with Crippen LogP contribution >= 0.6 is 0 Å². The third kappa shape index (κ3) is 3.04. The van der Waals surface area contributed by atoms with Gasteiger partial charge in [0.25, 0.3) is 0 Å². The smallest absolute Gasteiger partial charge is 0.133 e. The lowest BCUT2D eigenvalue weighted by molar-refractivity contribution is 0.149. The summed E-state index contributed by atoms with van der Waals surface area (Å²) < 4.78 is 7.02. The fourth-order valence-electron chi connectivity index (χ4n) is 1.64. The molecule has 96 valence electrons. The summed E-state index contributed by atoms with van der Waals surface area (Å²) in [5.74, 6) is 1.16. The molecule has 0 aromatic carbocycles. The molecule has 2 aromatic heterocycles. The van der Waals surface area contributed by atoms with E-state index >= 15 is 0 Å². The summed E-state index contributed by atoms with van der Waals surface area (Å²) in [6.07, 6.45) is 4.31. The quantitative estimate of drug-likeness (QED) is 0.798.